The molecule has 0 amide bonds. The van der Waals surface area contributed by atoms with Crippen molar-refractivity contribution in [2.75, 3.05) is 18.9 Å². The Labute approximate surface area is 150 Å². The second kappa shape index (κ2) is 7.12. The Hall–Kier alpha value is -1.94. The highest BCUT2D eigenvalue weighted by Crippen LogP contribution is 2.34. The van der Waals surface area contributed by atoms with Gasteiger partial charge in [0.1, 0.15) is 11.5 Å². The number of alkyl halides is 3. The van der Waals surface area contributed by atoms with E-state index in [-0.39, 0.29) is 10.2 Å². The van der Waals surface area contributed by atoms with Crippen LogP contribution in [-0.4, -0.2) is 22.6 Å². The van der Waals surface area contributed by atoms with E-state index in [0.717, 1.165) is 12.1 Å². The molecule has 0 aliphatic rings. The number of benzene rings is 2. The lowest BCUT2D eigenvalue weighted by Gasteiger charge is -2.13. The summed E-state index contributed by atoms with van der Waals surface area (Å²) in [5.74, 6) is 0.643. The Morgan fingerprint density at radius 2 is 1.52 bits per heavy atom. The van der Waals surface area contributed by atoms with Gasteiger partial charge in [-0.05, 0) is 18.2 Å². The summed E-state index contributed by atoms with van der Waals surface area (Å²) in [4.78, 5) is -0.531. The van der Waals surface area contributed by atoms with Crippen molar-refractivity contribution in [2.45, 2.75) is 11.1 Å². The maximum absolute atomic E-state index is 12.9. The monoisotopic (exact) mass is 439 g/mol. The summed E-state index contributed by atoms with van der Waals surface area (Å²) in [5, 5.41) is 0. The minimum atomic E-state index is -4.67. The van der Waals surface area contributed by atoms with Crippen LogP contribution in [0.4, 0.5) is 18.9 Å². The Kier molecular flexibility index (Phi) is 5.52. The Morgan fingerprint density at radius 1 is 0.960 bits per heavy atom. The van der Waals surface area contributed by atoms with Crippen molar-refractivity contribution in [3.8, 4) is 11.5 Å². The van der Waals surface area contributed by atoms with Crippen molar-refractivity contribution in [1.82, 2.24) is 0 Å². The minimum absolute atomic E-state index is 0.00840. The first-order valence-electron chi connectivity index (χ1n) is 6.69. The van der Waals surface area contributed by atoms with Gasteiger partial charge in [0.15, 0.2) is 0 Å². The molecule has 0 aliphatic carbocycles. The molecule has 1 N–H and O–H groups in total. The zero-order chi connectivity index (χ0) is 18.8. The molecule has 2 aromatic rings. The van der Waals surface area contributed by atoms with Gasteiger partial charge in [0.2, 0.25) is 0 Å². The van der Waals surface area contributed by atoms with Crippen LogP contribution < -0.4 is 14.2 Å². The predicted octanol–water partition coefficient (Wildman–Crippen LogP) is 4.29. The number of hydrogen-bond donors (Lipinski definition) is 1. The second-order valence-corrected chi connectivity index (χ2v) is 7.48. The lowest BCUT2D eigenvalue weighted by Crippen LogP contribution is -2.15. The van der Waals surface area contributed by atoms with Gasteiger partial charge in [-0.15, -0.1) is 0 Å². The molecular weight excluding hydrogens is 427 g/mol. The second-order valence-electron chi connectivity index (χ2n) is 4.88. The van der Waals surface area contributed by atoms with E-state index in [1.54, 1.807) is 0 Å². The van der Waals surface area contributed by atoms with Crippen LogP contribution in [0.15, 0.2) is 45.8 Å². The summed E-state index contributed by atoms with van der Waals surface area (Å²) in [6.07, 6.45) is -4.67. The molecule has 2 rings (SSSR count). The van der Waals surface area contributed by atoms with Crippen LogP contribution in [0.3, 0.4) is 0 Å². The van der Waals surface area contributed by atoms with Gasteiger partial charge in [-0.25, -0.2) is 8.42 Å². The number of methoxy groups -OCH3 is 2. The van der Waals surface area contributed by atoms with Gasteiger partial charge in [0, 0.05) is 22.7 Å². The van der Waals surface area contributed by atoms with Gasteiger partial charge in [-0.2, -0.15) is 13.2 Å². The molecule has 5 nitrogen and oxygen atoms in total. The summed E-state index contributed by atoms with van der Waals surface area (Å²) in [7, 11) is -1.49. The highest BCUT2D eigenvalue weighted by molar-refractivity contribution is 9.10. The van der Waals surface area contributed by atoms with Crippen molar-refractivity contribution in [3.63, 3.8) is 0 Å². The van der Waals surface area contributed by atoms with Crippen LogP contribution in [-0.2, 0) is 16.2 Å². The number of rotatable bonds is 5. The van der Waals surface area contributed by atoms with Crippen molar-refractivity contribution in [2.24, 2.45) is 0 Å². The zero-order valence-electron chi connectivity index (χ0n) is 13.0. The summed E-state index contributed by atoms with van der Waals surface area (Å²) in [6, 6.07) is 6.72. The predicted molar refractivity (Wildman–Crippen MR) is 89.5 cm³/mol. The molecule has 25 heavy (non-hydrogen) atoms. The SMILES string of the molecule is COc1cc(NS(=O)(=O)c2cc(Br)cc(C(F)(F)F)c2)cc(OC)c1. The van der Waals surface area contributed by atoms with Crippen molar-refractivity contribution < 1.29 is 31.1 Å². The molecule has 10 heteroatoms. The smallest absolute Gasteiger partial charge is 0.416 e. The maximum Gasteiger partial charge on any atom is 0.416 e. The molecule has 0 spiro atoms. The third-order valence-corrected chi connectivity index (χ3v) is 4.93. The lowest BCUT2D eigenvalue weighted by atomic mass is 10.2. The van der Waals surface area contributed by atoms with Crippen molar-refractivity contribution in [1.29, 1.82) is 0 Å². The van der Waals surface area contributed by atoms with Gasteiger partial charge in [-0.1, -0.05) is 15.9 Å². The molecule has 0 radical (unpaired) electrons. The first-order chi connectivity index (χ1) is 11.5. The minimum Gasteiger partial charge on any atom is -0.497 e. The average molecular weight is 440 g/mol. The van der Waals surface area contributed by atoms with Gasteiger partial charge in [-0.3, -0.25) is 4.72 Å². The van der Waals surface area contributed by atoms with E-state index >= 15 is 0 Å². The lowest BCUT2D eigenvalue weighted by molar-refractivity contribution is -0.137. The third-order valence-electron chi connectivity index (χ3n) is 3.11. The highest BCUT2D eigenvalue weighted by Gasteiger charge is 2.32. The molecule has 2 aromatic carbocycles. The number of hydrogen-bond acceptors (Lipinski definition) is 4. The normalized spacial score (nSPS) is 11.9. The fraction of sp³-hybridized carbons (Fsp3) is 0.200. The van der Waals surface area contributed by atoms with E-state index in [1.807, 2.05) is 0 Å². The van der Waals surface area contributed by atoms with Gasteiger partial charge < -0.3 is 9.47 Å². The molecule has 0 fully saturated rings. The molecule has 136 valence electrons. The van der Waals surface area contributed by atoms with Crippen LogP contribution >= 0.6 is 15.9 Å². The molecule has 0 unspecified atom stereocenters. The molecule has 0 aliphatic heterocycles. The Balaban J connectivity index is 2.45. The van der Waals surface area contributed by atoms with Gasteiger partial charge >= 0.3 is 6.18 Å². The van der Waals surface area contributed by atoms with Crippen LogP contribution in [0.25, 0.3) is 0 Å². The van der Waals surface area contributed by atoms with Crippen molar-refractivity contribution in [3.05, 3.63) is 46.4 Å². The average Bonchev–Trinajstić information content (AvgIpc) is 2.52. The highest BCUT2D eigenvalue weighted by atomic mass is 79.9. The van der Waals surface area contributed by atoms with E-state index in [2.05, 4.69) is 20.7 Å². The molecular formula is C15H13BrF3NO4S. The molecule has 0 heterocycles. The molecule has 0 bridgehead atoms. The standard InChI is InChI=1S/C15H13BrF3NO4S/c1-23-12-6-11(7-13(8-12)24-2)20-25(21,22)14-4-9(15(17,18)19)3-10(16)5-14/h3-8,20H,1-2H3. The molecule has 0 atom stereocenters. The van der Waals surface area contributed by atoms with Crippen molar-refractivity contribution >= 4 is 31.6 Å². The maximum atomic E-state index is 12.9. The Bertz CT molecular complexity index is 863. The van der Waals surface area contributed by atoms with E-state index in [0.29, 0.717) is 17.6 Å². The van der Waals surface area contributed by atoms with E-state index in [1.165, 1.54) is 32.4 Å². The molecule has 0 aromatic heterocycles. The fourth-order valence-corrected chi connectivity index (χ4v) is 3.72. The van der Waals surface area contributed by atoms with Crippen LogP contribution in [0.1, 0.15) is 5.56 Å². The molecule has 0 saturated carbocycles. The van der Waals surface area contributed by atoms with Crippen LogP contribution in [0.5, 0.6) is 11.5 Å². The van der Waals surface area contributed by atoms with E-state index in [4.69, 9.17) is 9.47 Å². The summed E-state index contributed by atoms with van der Waals surface area (Å²) in [5.41, 5.74) is -0.991. The largest absolute Gasteiger partial charge is 0.497 e. The number of ether oxygens (including phenoxy) is 2. The Morgan fingerprint density at radius 3 is 2.00 bits per heavy atom. The van der Waals surface area contributed by atoms with E-state index < -0.39 is 26.7 Å². The number of anilines is 1. The summed E-state index contributed by atoms with van der Waals surface area (Å²) < 4.78 is 75.8. The topological polar surface area (TPSA) is 64.6 Å². The summed E-state index contributed by atoms with van der Waals surface area (Å²) in [6.45, 7) is 0. The van der Waals surface area contributed by atoms with Crippen LogP contribution in [0.2, 0.25) is 0 Å². The number of sulfonamides is 1. The zero-order valence-corrected chi connectivity index (χ0v) is 15.4. The third kappa shape index (κ3) is 4.79. The summed E-state index contributed by atoms with van der Waals surface area (Å²) >= 11 is 2.90. The van der Waals surface area contributed by atoms with Gasteiger partial charge in [0.05, 0.1) is 30.4 Å². The van der Waals surface area contributed by atoms with Crippen LogP contribution in [0, 0.1) is 0 Å². The quantitative estimate of drug-likeness (QED) is 0.754. The molecule has 0 saturated heterocycles. The first kappa shape index (κ1) is 19.4. The van der Waals surface area contributed by atoms with E-state index in [9.17, 15) is 21.6 Å². The number of halogens is 4. The fourth-order valence-electron chi connectivity index (χ4n) is 1.96. The number of nitrogens with one attached hydrogen (secondary N) is 1. The first-order valence-corrected chi connectivity index (χ1v) is 8.96. The van der Waals surface area contributed by atoms with Gasteiger partial charge in [0.25, 0.3) is 10.0 Å².